The van der Waals surface area contributed by atoms with E-state index in [1.54, 1.807) is 0 Å². The maximum atomic E-state index is 15.5. The zero-order chi connectivity index (χ0) is 53.9. The molecule has 0 fully saturated rings. The Balaban J connectivity index is 0.000000305. The Bertz CT molecular complexity index is 2310. The molecular formula is C62H95FO5P2. The van der Waals surface area contributed by atoms with Crippen LogP contribution >= 0.6 is 17.3 Å². The summed E-state index contributed by atoms with van der Waals surface area (Å²) in [6.45, 7) is 62.2. The van der Waals surface area contributed by atoms with Crippen LogP contribution in [0, 0.1) is 13.8 Å². The van der Waals surface area contributed by atoms with Crippen molar-refractivity contribution in [1.82, 2.24) is 0 Å². The third-order valence-corrected chi connectivity index (χ3v) is 15.1. The van der Waals surface area contributed by atoms with Crippen LogP contribution in [0.25, 0.3) is 0 Å². The Morgan fingerprint density at radius 1 is 0.443 bits per heavy atom. The number of hydrogen-bond donors (Lipinski definition) is 0. The van der Waals surface area contributed by atoms with Gasteiger partial charge in [0.2, 0.25) is 0 Å². The molecule has 1 aliphatic rings. The normalized spacial score (nSPS) is 16.3. The van der Waals surface area contributed by atoms with Crippen LogP contribution in [0.1, 0.15) is 253 Å². The summed E-state index contributed by atoms with van der Waals surface area (Å²) in [4.78, 5) is 0. The lowest BCUT2D eigenvalue weighted by molar-refractivity contribution is 0.275. The second-order valence-electron chi connectivity index (χ2n) is 28.2. The smallest absolute Gasteiger partial charge is 0.417 e. The summed E-state index contributed by atoms with van der Waals surface area (Å²) in [5.74, 6) is 3.02. The molecule has 0 amide bonds. The molecule has 8 heteroatoms. The lowest BCUT2D eigenvalue weighted by atomic mass is 9.74. The molecule has 0 atom stereocenters. The highest BCUT2D eigenvalue weighted by Gasteiger charge is 2.38. The van der Waals surface area contributed by atoms with Crippen molar-refractivity contribution in [2.24, 2.45) is 0 Å². The highest BCUT2D eigenvalue weighted by molar-refractivity contribution is 7.42. The van der Waals surface area contributed by atoms with Gasteiger partial charge in [-0.25, -0.2) is 0 Å². The second kappa shape index (κ2) is 20.6. The molecule has 1 heterocycles. The molecule has 0 radical (unpaired) electrons. The van der Waals surface area contributed by atoms with Gasteiger partial charge in [0.1, 0.15) is 23.0 Å². The van der Waals surface area contributed by atoms with Crippen molar-refractivity contribution in [3.8, 4) is 23.0 Å². The van der Waals surface area contributed by atoms with Gasteiger partial charge in [-0.05, 0) is 97.5 Å². The van der Waals surface area contributed by atoms with Crippen molar-refractivity contribution in [2.75, 3.05) is 6.61 Å². The lowest BCUT2D eigenvalue weighted by Crippen LogP contribution is -2.22. The molecule has 5 nitrogen and oxygen atoms in total. The van der Waals surface area contributed by atoms with Crippen LogP contribution in [0.3, 0.4) is 0 Å². The molecule has 1 aliphatic heterocycles. The quantitative estimate of drug-likeness (QED) is 0.180. The van der Waals surface area contributed by atoms with Gasteiger partial charge in [0.25, 0.3) is 0 Å². The fourth-order valence-electron chi connectivity index (χ4n) is 8.56. The molecule has 0 aromatic heterocycles. The number of hydrogen-bond acceptors (Lipinski definition) is 5. The van der Waals surface area contributed by atoms with E-state index < -0.39 is 17.3 Å². The van der Waals surface area contributed by atoms with E-state index in [2.05, 4.69) is 235 Å². The van der Waals surface area contributed by atoms with Gasteiger partial charge in [-0.3, -0.25) is 4.52 Å². The summed E-state index contributed by atoms with van der Waals surface area (Å²) >= 11 is 0. The van der Waals surface area contributed by atoms with E-state index in [0.29, 0.717) is 18.1 Å². The maximum Gasteiger partial charge on any atom is 0.505 e. The Morgan fingerprint density at radius 2 is 0.714 bits per heavy atom. The largest absolute Gasteiger partial charge is 0.505 e. The van der Waals surface area contributed by atoms with Gasteiger partial charge < -0.3 is 18.1 Å². The van der Waals surface area contributed by atoms with Crippen LogP contribution in [-0.4, -0.2) is 6.61 Å². The SMILES string of the molecule is CC1c2cc(C(C)(C)C)cc(C(C)(C)C)c2OP(F)Oc2c1cc(C(C)(C)C)cc2C(C)(C)C.CCOP(Oc1c(C)cc(C(C)(C)C)cc1C(C)(C)C)Oc1c(C)cc(C(C)(C)C)cc1C(C)(C)C. The number of rotatable bonds is 6. The highest BCUT2D eigenvalue weighted by Crippen LogP contribution is 2.56. The third kappa shape index (κ3) is 14.3. The molecule has 390 valence electrons. The zero-order valence-corrected chi connectivity index (χ0v) is 51.0. The topological polar surface area (TPSA) is 46.2 Å². The van der Waals surface area contributed by atoms with E-state index in [1.165, 1.54) is 33.4 Å². The first-order chi connectivity index (χ1) is 31.4. The van der Waals surface area contributed by atoms with Gasteiger partial charge in [0.15, 0.2) is 0 Å². The van der Waals surface area contributed by atoms with Crippen LogP contribution < -0.4 is 18.1 Å². The van der Waals surface area contributed by atoms with Crippen molar-refractivity contribution >= 4 is 17.3 Å². The van der Waals surface area contributed by atoms with Crippen molar-refractivity contribution < 1.29 is 26.8 Å². The fraction of sp³-hybridized carbons (Fsp3) is 0.613. The van der Waals surface area contributed by atoms with Crippen molar-refractivity contribution in [2.45, 2.75) is 243 Å². The Kier molecular flexibility index (Phi) is 17.5. The Morgan fingerprint density at radius 3 is 0.971 bits per heavy atom. The third-order valence-electron chi connectivity index (χ3n) is 13.3. The monoisotopic (exact) mass is 1000 g/mol. The molecule has 0 saturated carbocycles. The van der Waals surface area contributed by atoms with E-state index in [9.17, 15) is 0 Å². The van der Waals surface area contributed by atoms with Crippen LogP contribution in [0.5, 0.6) is 23.0 Å². The van der Waals surface area contributed by atoms with Gasteiger partial charge in [0.05, 0.1) is 6.61 Å². The molecule has 0 bridgehead atoms. The number of benzene rings is 4. The molecule has 0 N–H and O–H groups in total. The fourth-order valence-corrected chi connectivity index (χ4v) is 10.4. The first kappa shape index (κ1) is 59.4. The van der Waals surface area contributed by atoms with Crippen LogP contribution in [0.4, 0.5) is 4.20 Å². The summed E-state index contributed by atoms with van der Waals surface area (Å²) in [5, 5.41) is 0. The average Bonchev–Trinajstić information content (AvgIpc) is 3.15. The van der Waals surface area contributed by atoms with Crippen molar-refractivity contribution in [3.63, 3.8) is 0 Å². The summed E-state index contributed by atoms with van der Waals surface area (Å²) in [5.41, 5.74) is 13.3. The lowest BCUT2D eigenvalue weighted by Gasteiger charge is -2.35. The average molecular weight is 1000 g/mol. The van der Waals surface area contributed by atoms with Crippen LogP contribution in [0.15, 0.2) is 48.5 Å². The summed E-state index contributed by atoms with van der Waals surface area (Å²) < 4.78 is 47.0. The minimum Gasteiger partial charge on any atom is -0.417 e. The molecule has 0 spiro atoms. The summed E-state index contributed by atoms with van der Waals surface area (Å²) in [6, 6.07) is 17.9. The molecule has 0 aliphatic carbocycles. The predicted molar refractivity (Wildman–Crippen MR) is 301 cm³/mol. The summed E-state index contributed by atoms with van der Waals surface area (Å²) in [6.07, 6.45) is 0. The first-order valence-corrected chi connectivity index (χ1v) is 27.8. The van der Waals surface area contributed by atoms with Gasteiger partial charge in [-0.2, -0.15) is 0 Å². The molecule has 4 aromatic carbocycles. The van der Waals surface area contributed by atoms with Crippen LogP contribution in [0.2, 0.25) is 0 Å². The molecule has 0 saturated heterocycles. The van der Waals surface area contributed by atoms with Gasteiger partial charge in [-0.15, -0.1) is 4.20 Å². The van der Waals surface area contributed by atoms with E-state index in [0.717, 1.165) is 44.9 Å². The second-order valence-corrected chi connectivity index (χ2v) is 30.0. The van der Waals surface area contributed by atoms with Crippen molar-refractivity contribution in [1.29, 1.82) is 0 Å². The molecule has 70 heavy (non-hydrogen) atoms. The standard InChI is InChI=1S/C32H51O3P.C30H44FO2P/c1-16-33-36(34-27-21(2)17-23(29(4,5)6)19-25(27)31(10,11)12)35-28-22(3)18-24(30(7,8)9)20-26(28)32(13,14)15;1-18-21-14-19(27(2,3)4)16-23(29(8,9)10)25(21)32-34(31)33-26-22(18)15-20(28(5,6)7)17-24(26)30(11,12)13/h17-20H,16H2,1-15H3;14-18H,1-13H3. The molecule has 0 unspecified atom stereocenters. The minimum atomic E-state index is -2.63. The molecule has 4 aromatic rings. The number of fused-ring (bicyclic) bond motifs is 2. The van der Waals surface area contributed by atoms with Gasteiger partial charge >= 0.3 is 17.3 Å². The summed E-state index contributed by atoms with van der Waals surface area (Å²) in [7, 11) is -4.28. The van der Waals surface area contributed by atoms with Crippen molar-refractivity contribution in [3.05, 3.63) is 115 Å². The molecular weight excluding hydrogens is 906 g/mol. The zero-order valence-electron chi connectivity index (χ0n) is 49.2. The first-order valence-electron chi connectivity index (χ1n) is 25.7. The Hall–Kier alpha value is -3.17. The minimum absolute atomic E-state index is 0.0134. The van der Waals surface area contributed by atoms with E-state index in [1.807, 2.05) is 6.92 Å². The maximum absolute atomic E-state index is 15.5. The van der Waals surface area contributed by atoms with E-state index in [-0.39, 0.29) is 49.2 Å². The van der Waals surface area contributed by atoms with E-state index in [4.69, 9.17) is 22.6 Å². The number of halogens is 1. The van der Waals surface area contributed by atoms with Crippen LogP contribution in [-0.2, 0) is 47.8 Å². The van der Waals surface area contributed by atoms with Gasteiger partial charge in [0, 0.05) is 39.3 Å². The predicted octanol–water partition coefficient (Wildman–Crippen LogP) is 20.2. The number of aryl methyl sites for hydroxylation is 2. The highest BCUT2D eigenvalue weighted by atomic mass is 31.2. The van der Waals surface area contributed by atoms with E-state index >= 15 is 4.20 Å². The Labute approximate surface area is 430 Å². The molecule has 5 rings (SSSR count). The van der Waals surface area contributed by atoms with Gasteiger partial charge in [-0.1, -0.05) is 222 Å².